The second-order valence-corrected chi connectivity index (χ2v) is 12.6. The second kappa shape index (κ2) is 31.9. The number of hydrogen-bond donors (Lipinski definition) is 1. The van der Waals surface area contributed by atoms with E-state index < -0.39 is 0 Å². The summed E-state index contributed by atoms with van der Waals surface area (Å²) in [5.74, 6) is 0.882. The van der Waals surface area contributed by atoms with Crippen LogP contribution in [0.5, 0.6) is 0 Å². The molecule has 1 atom stereocenters. The van der Waals surface area contributed by atoms with Crippen LogP contribution in [0.4, 0.5) is 0 Å². The summed E-state index contributed by atoms with van der Waals surface area (Å²) < 4.78 is 0. The Labute approximate surface area is 236 Å². The minimum Gasteiger partial charge on any atom is -0.393 e. The summed E-state index contributed by atoms with van der Waals surface area (Å²) in [5, 5.41) is 10.3. The van der Waals surface area contributed by atoms with Gasteiger partial charge in [-0.05, 0) is 44.4 Å². The number of allylic oxidation sites excluding steroid dienone is 2. The summed E-state index contributed by atoms with van der Waals surface area (Å²) in [7, 11) is 0. The maximum absolute atomic E-state index is 10.3. The van der Waals surface area contributed by atoms with E-state index in [1.165, 1.54) is 173 Å². The molecule has 0 rings (SSSR count). The van der Waals surface area contributed by atoms with Crippen LogP contribution in [0.2, 0.25) is 0 Å². The van der Waals surface area contributed by atoms with Crippen molar-refractivity contribution in [2.45, 2.75) is 213 Å². The smallest absolute Gasteiger partial charge is 0.0540 e. The zero-order valence-corrected chi connectivity index (χ0v) is 26.3. The molecule has 0 aliphatic carbocycles. The summed E-state index contributed by atoms with van der Waals surface area (Å²) in [6, 6.07) is 0. The molecule has 0 saturated carbocycles. The normalized spacial score (nSPS) is 12.8. The molecular weight excluding hydrogens is 448 g/mol. The molecule has 0 aliphatic rings. The predicted molar refractivity (Wildman–Crippen MR) is 170 cm³/mol. The maximum atomic E-state index is 10.3. The number of hydrogen-bond acceptors (Lipinski definition) is 1. The molecule has 1 nitrogen and oxygen atoms in total. The molecule has 0 fully saturated rings. The molecule has 0 aliphatic heterocycles. The molecule has 1 N–H and O–H groups in total. The Morgan fingerprint density at radius 3 is 1.05 bits per heavy atom. The first-order valence-electron chi connectivity index (χ1n) is 17.5. The SMILES string of the molecule is CCCCCCCCC=CCCCCCCCC(O)CCCCCCCCCCCCCCCC(C)C. The van der Waals surface area contributed by atoms with Crippen LogP contribution in [0.15, 0.2) is 12.2 Å². The van der Waals surface area contributed by atoms with Gasteiger partial charge in [0.1, 0.15) is 0 Å². The quantitative estimate of drug-likeness (QED) is 0.0711. The van der Waals surface area contributed by atoms with Crippen LogP contribution in [-0.2, 0) is 0 Å². The van der Waals surface area contributed by atoms with Crippen LogP contribution in [-0.4, -0.2) is 11.2 Å². The van der Waals surface area contributed by atoms with E-state index in [2.05, 4.69) is 32.9 Å². The van der Waals surface area contributed by atoms with Gasteiger partial charge in [0.25, 0.3) is 0 Å². The van der Waals surface area contributed by atoms with E-state index in [4.69, 9.17) is 0 Å². The third-order valence-corrected chi connectivity index (χ3v) is 8.12. The topological polar surface area (TPSA) is 20.2 Å². The van der Waals surface area contributed by atoms with E-state index in [1.54, 1.807) is 0 Å². The molecule has 0 spiro atoms. The molecule has 0 radical (unpaired) electrons. The van der Waals surface area contributed by atoms with Gasteiger partial charge < -0.3 is 5.11 Å². The first kappa shape index (κ1) is 36.7. The lowest BCUT2D eigenvalue weighted by atomic mass is 10.0. The van der Waals surface area contributed by atoms with Gasteiger partial charge in [-0.15, -0.1) is 0 Å². The van der Waals surface area contributed by atoms with Crippen molar-refractivity contribution in [3.05, 3.63) is 12.2 Å². The summed E-state index contributed by atoms with van der Waals surface area (Å²) in [6.45, 7) is 6.96. The number of aliphatic hydroxyl groups is 1. The first-order chi connectivity index (χ1) is 18.2. The average molecular weight is 521 g/mol. The fourth-order valence-corrected chi connectivity index (χ4v) is 5.47. The number of unbranched alkanes of at least 4 members (excludes halogenated alkanes) is 23. The third kappa shape index (κ3) is 33.7. The molecule has 0 aromatic carbocycles. The zero-order valence-electron chi connectivity index (χ0n) is 26.3. The van der Waals surface area contributed by atoms with E-state index in [0.717, 1.165) is 18.8 Å². The summed E-state index contributed by atoms with van der Waals surface area (Å²) in [6.07, 6.45) is 44.1. The van der Waals surface area contributed by atoms with Gasteiger partial charge in [-0.2, -0.15) is 0 Å². The molecule has 1 heteroatoms. The maximum Gasteiger partial charge on any atom is 0.0540 e. The predicted octanol–water partition coefficient (Wildman–Crippen LogP) is 12.9. The molecule has 0 amide bonds. The summed E-state index contributed by atoms with van der Waals surface area (Å²) >= 11 is 0. The minimum absolute atomic E-state index is 0.0460. The Morgan fingerprint density at radius 2 is 0.703 bits per heavy atom. The van der Waals surface area contributed by atoms with Gasteiger partial charge in [0.05, 0.1) is 6.10 Å². The lowest BCUT2D eigenvalue weighted by Gasteiger charge is -2.10. The second-order valence-electron chi connectivity index (χ2n) is 12.6. The number of rotatable bonds is 31. The van der Waals surface area contributed by atoms with E-state index in [1.807, 2.05) is 0 Å². The largest absolute Gasteiger partial charge is 0.393 e. The van der Waals surface area contributed by atoms with Gasteiger partial charge in [-0.3, -0.25) is 0 Å². The van der Waals surface area contributed by atoms with Crippen molar-refractivity contribution < 1.29 is 5.11 Å². The summed E-state index contributed by atoms with van der Waals surface area (Å²) in [4.78, 5) is 0. The fraction of sp³-hybridized carbons (Fsp3) is 0.944. The van der Waals surface area contributed by atoms with Gasteiger partial charge >= 0.3 is 0 Å². The molecule has 0 saturated heterocycles. The Bertz CT molecular complexity index is 426. The monoisotopic (exact) mass is 521 g/mol. The van der Waals surface area contributed by atoms with Gasteiger partial charge in [-0.25, -0.2) is 0 Å². The van der Waals surface area contributed by atoms with Crippen molar-refractivity contribution in [1.29, 1.82) is 0 Å². The lowest BCUT2D eigenvalue weighted by Crippen LogP contribution is -2.05. The van der Waals surface area contributed by atoms with Gasteiger partial charge in [0.2, 0.25) is 0 Å². The highest BCUT2D eigenvalue weighted by Gasteiger charge is 2.04. The van der Waals surface area contributed by atoms with Crippen molar-refractivity contribution in [1.82, 2.24) is 0 Å². The van der Waals surface area contributed by atoms with Crippen molar-refractivity contribution in [3.63, 3.8) is 0 Å². The highest BCUT2D eigenvalue weighted by molar-refractivity contribution is 4.81. The average Bonchev–Trinajstić information content (AvgIpc) is 2.88. The molecule has 0 heterocycles. The highest BCUT2D eigenvalue weighted by Crippen LogP contribution is 2.16. The fourth-order valence-electron chi connectivity index (χ4n) is 5.47. The lowest BCUT2D eigenvalue weighted by molar-refractivity contribution is 0.147. The van der Waals surface area contributed by atoms with Crippen LogP contribution in [0.1, 0.15) is 207 Å². The van der Waals surface area contributed by atoms with E-state index in [-0.39, 0.29) is 6.10 Å². The van der Waals surface area contributed by atoms with Crippen LogP contribution >= 0.6 is 0 Å². The third-order valence-electron chi connectivity index (χ3n) is 8.12. The van der Waals surface area contributed by atoms with Crippen molar-refractivity contribution in [3.8, 4) is 0 Å². The first-order valence-corrected chi connectivity index (χ1v) is 17.5. The Hall–Kier alpha value is -0.300. The van der Waals surface area contributed by atoms with Crippen LogP contribution in [0.25, 0.3) is 0 Å². The van der Waals surface area contributed by atoms with E-state index in [0.29, 0.717) is 0 Å². The van der Waals surface area contributed by atoms with Gasteiger partial charge in [-0.1, -0.05) is 181 Å². The standard InChI is InChI=1S/C36H72O/c1-4-5-6-7-8-9-10-11-12-15-18-21-24-27-30-33-36(37)34-31-28-25-22-19-16-13-14-17-20-23-26-29-32-35(2)3/h11-12,35-37H,4-10,13-34H2,1-3H3. The van der Waals surface area contributed by atoms with Crippen LogP contribution in [0.3, 0.4) is 0 Å². The summed E-state index contributed by atoms with van der Waals surface area (Å²) in [5.41, 5.74) is 0. The molecule has 222 valence electrons. The Balaban J connectivity index is 3.19. The minimum atomic E-state index is -0.0460. The molecular formula is C36H72O. The number of aliphatic hydroxyl groups excluding tert-OH is 1. The van der Waals surface area contributed by atoms with E-state index >= 15 is 0 Å². The zero-order chi connectivity index (χ0) is 27.1. The van der Waals surface area contributed by atoms with Crippen molar-refractivity contribution in [2.75, 3.05) is 0 Å². The molecule has 0 aromatic heterocycles. The Morgan fingerprint density at radius 1 is 0.405 bits per heavy atom. The van der Waals surface area contributed by atoms with Gasteiger partial charge in [0.15, 0.2) is 0 Å². The molecule has 37 heavy (non-hydrogen) atoms. The van der Waals surface area contributed by atoms with E-state index in [9.17, 15) is 5.11 Å². The van der Waals surface area contributed by atoms with Crippen molar-refractivity contribution >= 4 is 0 Å². The van der Waals surface area contributed by atoms with Gasteiger partial charge in [0, 0.05) is 0 Å². The molecule has 0 bridgehead atoms. The highest BCUT2D eigenvalue weighted by atomic mass is 16.3. The molecule has 0 aromatic rings. The van der Waals surface area contributed by atoms with Crippen LogP contribution in [0, 0.1) is 5.92 Å². The van der Waals surface area contributed by atoms with Crippen LogP contribution < -0.4 is 0 Å². The molecule has 1 unspecified atom stereocenters. The van der Waals surface area contributed by atoms with Crippen molar-refractivity contribution in [2.24, 2.45) is 5.92 Å². The Kier molecular flexibility index (Phi) is 31.7.